The maximum absolute atomic E-state index is 12.9. The lowest BCUT2D eigenvalue weighted by Gasteiger charge is -2.40. The fraction of sp³-hybridized carbons (Fsp3) is 0.400. The fourth-order valence-electron chi connectivity index (χ4n) is 4.70. The minimum absolute atomic E-state index is 0.536. The van der Waals surface area contributed by atoms with Crippen LogP contribution in [0.3, 0.4) is 0 Å². The average Bonchev–Trinajstić information content (AvgIpc) is 2.98. The summed E-state index contributed by atoms with van der Waals surface area (Å²) in [6.45, 7) is 1.49. The summed E-state index contributed by atoms with van der Waals surface area (Å²) in [4.78, 5) is 1.83. The molecule has 0 amide bonds. The van der Waals surface area contributed by atoms with Gasteiger partial charge in [0.05, 0.1) is 19.9 Å². The summed E-state index contributed by atoms with van der Waals surface area (Å²) in [7, 11) is -0.763. The van der Waals surface area contributed by atoms with Gasteiger partial charge >= 0.3 is 0 Å². The second-order valence-corrected chi connectivity index (χ2v) is 8.90. The normalized spacial score (nSPS) is 20.8. The summed E-state index contributed by atoms with van der Waals surface area (Å²) in [6.07, 6.45) is 1.39. The van der Waals surface area contributed by atoms with Crippen molar-refractivity contribution in [3.05, 3.63) is 48.0 Å². The third-order valence-electron chi connectivity index (χ3n) is 5.86. The molecule has 1 spiro atoms. The van der Waals surface area contributed by atoms with E-state index in [1.807, 2.05) is 35.2 Å². The van der Waals surface area contributed by atoms with Gasteiger partial charge in [-0.3, -0.25) is 0 Å². The minimum Gasteiger partial charge on any atom is -0.497 e. The molecule has 1 unspecified atom stereocenters. The van der Waals surface area contributed by atoms with Crippen LogP contribution in [0, 0.1) is 0 Å². The Hall–Kier alpha value is -2.29. The highest BCUT2D eigenvalue weighted by Crippen LogP contribution is 2.55. The van der Waals surface area contributed by atoms with Gasteiger partial charge in [0.15, 0.2) is 5.37 Å². The lowest BCUT2D eigenvalue weighted by atomic mass is 9.74. The Morgan fingerprint density at radius 3 is 2.43 bits per heavy atom. The second kappa shape index (κ2) is 6.95. The number of nitrogens with one attached hydrogen (secondary N) is 1. The zero-order chi connectivity index (χ0) is 19.9. The zero-order valence-corrected chi connectivity index (χ0v) is 16.8. The molecule has 2 aliphatic heterocycles. The first kappa shape index (κ1) is 19.0. The van der Waals surface area contributed by atoms with E-state index < -0.39 is 20.8 Å². The molecule has 4 rings (SSSR count). The molecule has 28 heavy (non-hydrogen) atoms. The molecule has 8 heteroatoms. The van der Waals surface area contributed by atoms with Gasteiger partial charge in [-0.15, -0.1) is 0 Å². The van der Waals surface area contributed by atoms with Crippen LogP contribution in [-0.4, -0.2) is 41.1 Å². The molecule has 2 aromatic rings. The van der Waals surface area contributed by atoms with Crippen LogP contribution in [0.15, 0.2) is 42.5 Å². The smallest absolute Gasteiger partial charge is 0.231 e. The van der Waals surface area contributed by atoms with E-state index in [9.17, 15) is 8.42 Å². The monoisotopic (exact) mass is 403 g/mol. The van der Waals surface area contributed by atoms with Gasteiger partial charge in [0.1, 0.15) is 11.5 Å². The number of rotatable bonds is 4. The lowest BCUT2D eigenvalue weighted by Crippen LogP contribution is -2.55. The van der Waals surface area contributed by atoms with Crippen LogP contribution in [0.4, 0.5) is 11.4 Å². The predicted octanol–water partition coefficient (Wildman–Crippen LogP) is 2.09. The maximum atomic E-state index is 12.9. The third-order valence-corrected chi connectivity index (χ3v) is 7.14. The number of nitrogens with zero attached hydrogens (tertiary/aromatic N) is 1. The van der Waals surface area contributed by atoms with Crippen LogP contribution < -0.4 is 24.8 Å². The maximum Gasteiger partial charge on any atom is 0.231 e. The number of anilines is 2. The van der Waals surface area contributed by atoms with E-state index in [0.717, 1.165) is 24.3 Å². The highest BCUT2D eigenvalue weighted by Gasteiger charge is 2.57. The van der Waals surface area contributed by atoms with Crippen molar-refractivity contribution < 1.29 is 17.9 Å². The number of benzene rings is 2. The highest BCUT2D eigenvalue weighted by atomic mass is 32.2. The second-order valence-electron chi connectivity index (χ2n) is 7.27. The van der Waals surface area contributed by atoms with Crippen molar-refractivity contribution in [2.45, 2.75) is 23.6 Å². The number of nitrogens with two attached hydrogens (primary N) is 1. The lowest BCUT2D eigenvalue weighted by molar-refractivity contribution is 0.307. The van der Waals surface area contributed by atoms with Gasteiger partial charge in [0, 0.05) is 17.2 Å². The van der Waals surface area contributed by atoms with Crippen LogP contribution >= 0.6 is 0 Å². The van der Waals surface area contributed by atoms with Gasteiger partial charge < -0.3 is 19.7 Å². The molecule has 2 aliphatic rings. The van der Waals surface area contributed by atoms with E-state index in [4.69, 9.17) is 14.6 Å². The van der Waals surface area contributed by atoms with Crippen LogP contribution in [0.25, 0.3) is 0 Å². The molecule has 0 aliphatic carbocycles. The van der Waals surface area contributed by atoms with Gasteiger partial charge in [0.25, 0.3) is 0 Å². The van der Waals surface area contributed by atoms with Crippen molar-refractivity contribution in [3.8, 4) is 11.5 Å². The fourth-order valence-corrected chi connectivity index (χ4v) is 6.21. The molecule has 0 radical (unpaired) electrons. The van der Waals surface area contributed by atoms with Gasteiger partial charge in [-0.05, 0) is 49.7 Å². The first-order valence-electron chi connectivity index (χ1n) is 9.25. The number of fused-ring (bicyclic) bond motifs is 2. The van der Waals surface area contributed by atoms with Crippen molar-refractivity contribution in [1.82, 2.24) is 5.32 Å². The molecule has 0 aromatic heterocycles. The number of methoxy groups -OCH3 is 2. The Labute approximate surface area is 165 Å². The van der Waals surface area contributed by atoms with E-state index in [-0.39, 0.29) is 0 Å². The molecule has 3 N–H and O–H groups in total. The number of para-hydroxylation sites is 1. The Kier molecular flexibility index (Phi) is 4.73. The number of hydrogen-bond acceptors (Lipinski definition) is 6. The molecule has 0 bridgehead atoms. The molecule has 7 nitrogen and oxygen atoms in total. The molecule has 1 atom stereocenters. The molecule has 1 saturated heterocycles. The summed E-state index contributed by atoms with van der Waals surface area (Å²) in [6, 6.07) is 13.2. The number of ether oxygens (including phenoxy) is 2. The summed E-state index contributed by atoms with van der Waals surface area (Å²) < 4.78 is 36.7. The van der Waals surface area contributed by atoms with Crippen LogP contribution in [0.1, 0.15) is 18.4 Å². The van der Waals surface area contributed by atoms with Crippen molar-refractivity contribution in [2.24, 2.45) is 5.14 Å². The number of primary sulfonamides is 1. The molecule has 1 fully saturated rings. The largest absolute Gasteiger partial charge is 0.497 e. The standard InChI is InChI=1S/C20H25N3O4S/c1-26-14-7-8-17(18(13-14)27-2)23-16-6-4-3-5-15(16)20(9-11-22-12-10-20)19(23)28(21,24)25/h3-8,13,19,22H,9-12H2,1-2H3,(H2,21,24,25). The topological polar surface area (TPSA) is 93.9 Å². The quantitative estimate of drug-likeness (QED) is 0.812. The van der Waals surface area contributed by atoms with Crippen LogP contribution in [-0.2, 0) is 15.4 Å². The van der Waals surface area contributed by atoms with E-state index in [2.05, 4.69) is 5.32 Å². The van der Waals surface area contributed by atoms with Crippen molar-refractivity contribution in [1.29, 1.82) is 0 Å². The SMILES string of the molecule is COc1ccc(N2c3ccccc3C3(CCNCC3)C2S(N)(=O)=O)c(OC)c1. The van der Waals surface area contributed by atoms with Crippen molar-refractivity contribution in [3.63, 3.8) is 0 Å². The Morgan fingerprint density at radius 1 is 1.07 bits per heavy atom. The van der Waals surface area contributed by atoms with Gasteiger partial charge in [-0.25, -0.2) is 13.6 Å². The molecule has 2 heterocycles. The van der Waals surface area contributed by atoms with Crippen molar-refractivity contribution >= 4 is 21.4 Å². The molecular weight excluding hydrogens is 378 g/mol. The summed E-state index contributed by atoms with van der Waals surface area (Å²) in [5, 5.41) is 8.28. The first-order valence-corrected chi connectivity index (χ1v) is 10.9. The molecule has 150 valence electrons. The predicted molar refractivity (Wildman–Crippen MR) is 109 cm³/mol. The van der Waals surface area contributed by atoms with E-state index >= 15 is 0 Å². The zero-order valence-electron chi connectivity index (χ0n) is 16.0. The van der Waals surface area contributed by atoms with Gasteiger partial charge in [0.2, 0.25) is 10.0 Å². The Bertz CT molecular complexity index is 987. The average molecular weight is 404 g/mol. The van der Waals surface area contributed by atoms with Crippen LogP contribution in [0.5, 0.6) is 11.5 Å². The highest BCUT2D eigenvalue weighted by molar-refractivity contribution is 7.90. The number of sulfonamides is 1. The number of hydrogen-bond donors (Lipinski definition) is 2. The van der Waals surface area contributed by atoms with E-state index in [0.29, 0.717) is 30.0 Å². The van der Waals surface area contributed by atoms with Crippen molar-refractivity contribution in [2.75, 3.05) is 32.2 Å². The Morgan fingerprint density at radius 2 is 1.79 bits per heavy atom. The number of piperidine rings is 1. The minimum atomic E-state index is -3.90. The Balaban J connectivity index is 1.98. The summed E-state index contributed by atoms with van der Waals surface area (Å²) in [5.74, 6) is 1.17. The van der Waals surface area contributed by atoms with Gasteiger partial charge in [-0.1, -0.05) is 18.2 Å². The van der Waals surface area contributed by atoms with Crippen LogP contribution in [0.2, 0.25) is 0 Å². The molecular formula is C20H25N3O4S. The summed E-state index contributed by atoms with van der Waals surface area (Å²) >= 11 is 0. The van der Waals surface area contributed by atoms with Gasteiger partial charge in [-0.2, -0.15) is 0 Å². The van der Waals surface area contributed by atoms with E-state index in [1.165, 1.54) is 0 Å². The third kappa shape index (κ3) is 2.83. The van der Waals surface area contributed by atoms with E-state index in [1.54, 1.807) is 26.4 Å². The summed E-state index contributed by atoms with van der Waals surface area (Å²) in [5.41, 5.74) is 1.96. The first-order chi connectivity index (χ1) is 13.4. The molecule has 0 saturated carbocycles. The molecule has 2 aromatic carbocycles.